The second kappa shape index (κ2) is 2.96. The average molecular weight is 200 g/mol. The molecule has 2 heterocycles. The van der Waals surface area contributed by atoms with Gasteiger partial charge in [0.05, 0.1) is 12.7 Å². The predicted molar refractivity (Wildman–Crippen MR) is 45.5 cm³/mol. The van der Waals surface area contributed by atoms with Gasteiger partial charge in [0.1, 0.15) is 11.9 Å². The predicted octanol–water partition coefficient (Wildman–Crippen LogP) is 0.505. The quantitative estimate of drug-likeness (QED) is 0.624. The summed E-state index contributed by atoms with van der Waals surface area (Å²) in [7, 11) is 0. The molecule has 5 heteroatoms. The number of carbonyl (C=O) groups is 1. The third-order valence-corrected chi connectivity index (χ3v) is 2.17. The van der Waals surface area contributed by atoms with Gasteiger partial charge in [-0.15, -0.1) is 0 Å². The monoisotopic (exact) mass is 200 g/mol. The van der Waals surface area contributed by atoms with Gasteiger partial charge in [-0.2, -0.15) is 0 Å². The molecule has 0 aromatic rings. The lowest BCUT2D eigenvalue weighted by molar-refractivity contribution is -0.162. The molecule has 2 aliphatic heterocycles. The summed E-state index contributed by atoms with van der Waals surface area (Å²) in [6.07, 6.45) is -0.0868. The van der Waals surface area contributed by atoms with E-state index in [1.807, 2.05) is 0 Å². The van der Waals surface area contributed by atoms with Crippen molar-refractivity contribution in [1.82, 2.24) is 0 Å². The number of aliphatic hydroxyl groups excluding tert-OH is 1. The van der Waals surface area contributed by atoms with Crippen LogP contribution in [0.15, 0.2) is 11.8 Å². The molecule has 5 nitrogen and oxygen atoms in total. The Morgan fingerprint density at radius 2 is 2.29 bits per heavy atom. The number of rotatable bonds is 1. The fourth-order valence-corrected chi connectivity index (χ4v) is 1.55. The van der Waals surface area contributed by atoms with E-state index in [1.54, 1.807) is 13.8 Å². The lowest BCUT2D eigenvalue weighted by Gasteiger charge is -2.20. The van der Waals surface area contributed by atoms with Crippen molar-refractivity contribution in [2.24, 2.45) is 0 Å². The van der Waals surface area contributed by atoms with E-state index in [1.165, 1.54) is 0 Å². The lowest BCUT2D eigenvalue weighted by atomic mass is 10.2. The lowest BCUT2D eigenvalue weighted by Crippen LogP contribution is -2.32. The Morgan fingerprint density at radius 1 is 1.57 bits per heavy atom. The summed E-state index contributed by atoms with van der Waals surface area (Å²) >= 11 is 0. The summed E-state index contributed by atoms with van der Waals surface area (Å²) in [5.41, 5.74) is 0. The molecule has 0 radical (unpaired) electrons. The molecule has 0 amide bonds. The number of hydrogen-bond donors (Lipinski definition) is 1. The van der Waals surface area contributed by atoms with Gasteiger partial charge in [-0.3, -0.25) is 0 Å². The van der Waals surface area contributed by atoms with Gasteiger partial charge in [0, 0.05) is 0 Å². The topological polar surface area (TPSA) is 65.0 Å². The number of cyclic esters (lactones) is 1. The first-order valence-electron chi connectivity index (χ1n) is 4.41. The van der Waals surface area contributed by atoms with Crippen LogP contribution in [0.1, 0.15) is 13.8 Å². The van der Waals surface area contributed by atoms with E-state index >= 15 is 0 Å². The first-order valence-corrected chi connectivity index (χ1v) is 4.41. The van der Waals surface area contributed by atoms with Gasteiger partial charge in [-0.1, -0.05) is 0 Å². The summed E-state index contributed by atoms with van der Waals surface area (Å²) in [6.45, 7) is 3.85. The van der Waals surface area contributed by atoms with Crippen LogP contribution in [0.2, 0.25) is 0 Å². The van der Waals surface area contributed by atoms with Crippen molar-refractivity contribution in [3.05, 3.63) is 11.8 Å². The summed E-state index contributed by atoms with van der Waals surface area (Å²) in [5, 5.41) is 9.37. The Kier molecular flexibility index (Phi) is 2.01. The molecule has 1 N–H and O–H groups in total. The van der Waals surface area contributed by atoms with Crippen molar-refractivity contribution in [1.29, 1.82) is 0 Å². The molecule has 0 unspecified atom stereocenters. The highest BCUT2D eigenvalue weighted by molar-refractivity contribution is 5.85. The van der Waals surface area contributed by atoms with Crippen LogP contribution in [0, 0.1) is 0 Å². The molecule has 0 aromatic heterocycles. The van der Waals surface area contributed by atoms with Crippen LogP contribution in [-0.2, 0) is 19.0 Å². The normalized spacial score (nSPS) is 35.6. The standard InChI is InChI=1S/C9H12O5/c1-9(2)12-4-6(14-9)8-5(10)3-7(11)13-8/h3,6,8,10H,4H2,1-2H3/t6-,8-/m0/s1. The third-order valence-electron chi connectivity index (χ3n) is 2.17. The molecule has 0 saturated carbocycles. The largest absolute Gasteiger partial charge is 0.508 e. The van der Waals surface area contributed by atoms with Gasteiger partial charge < -0.3 is 19.3 Å². The first-order chi connectivity index (χ1) is 6.48. The van der Waals surface area contributed by atoms with Crippen LogP contribution in [-0.4, -0.2) is 35.7 Å². The zero-order chi connectivity index (χ0) is 10.3. The fraction of sp³-hybridized carbons (Fsp3) is 0.667. The molecule has 78 valence electrons. The minimum atomic E-state index is -0.718. The number of hydrogen-bond acceptors (Lipinski definition) is 5. The van der Waals surface area contributed by atoms with Gasteiger partial charge in [0.25, 0.3) is 0 Å². The molecule has 0 bridgehead atoms. The Morgan fingerprint density at radius 3 is 2.71 bits per heavy atom. The van der Waals surface area contributed by atoms with E-state index in [9.17, 15) is 9.90 Å². The van der Waals surface area contributed by atoms with Gasteiger partial charge >= 0.3 is 5.97 Å². The number of esters is 1. The molecule has 0 spiro atoms. The van der Waals surface area contributed by atoms with E-state index in [-0.39, 0.29) is 5.76 Å². The Labute approximate surface area is 81.3 Å². The molecular weight excluding hydrogens is 188 g/mol. The first kappa shape index (κ1) is 9.48. The third kappa shape index (κ3) is 1.60. The molecule has 2 atom stereocenters. The van der Waals surface area contributed by atoms with E-state index in [2.05, 4.69) is 0 Å². The van der Waals surface area contributed by atoms with Crippen molar-refractivity contribution in [3.8, 4) is 0 Å². The van der Waals surface area contributed by atoms with Crippen LogP contribution in [0.5, 0.6) is 0 Å². The average Bonchev–Trinajstić information content (AvgIpc) is 2.55. The van der Waals surface area contributed by atoms with E-state index in [0.29, 0.717) is 6.61 Å². The van der Waals surface area contributed by atoms with E-state index in [0.717, 1.165) is 6.08 Å². The van der Waals surface area contributed by atoms with Crippen molar-refractivity contribution in [3.63, 3.8) is 0 Å². The summed E-state index contributed by atoms with van der Waals surface area (Å²) < 4.78 is 15.6. The Hall–Kier alpha value is -1.07. The summed E-state index contributed by atoms with van der Waals surface area (Å²) in [6, 6.07) is 0. The summed E-state index contributed by atoms with van der Waals surface area (Å²) in [4.78, 5) is 10.8. The summed E-state index contributed by atoms with van der Waals surface area (Å²) in [5.74, 6) is -1.32. The maximum atomic E-state index is 10.8. The minimum absolute atomic E-state index is 0.0960. The van der Waals surface area contributed by atoms with E-state index < -0.39 is 24.0 Å². The Balaban J connectivity index is 2.05. The maximum Gasteiger partial charge on any atom is 0.335 e. The van der Waals surface area contributed by atoms with Crippen LogP contribution in [0.3, 0.4) is 0 Å². The van der Waals surface area contributed by atoms with Gasteiger partial charge in [-0.25, -0.2) is 4.79 Å². The van der Waals surface area contributed by atoms with Crippen molar-refractivity contribution < 1.29 is 24.1 Å². The second-order valence-corrected chi connectivity index (χ2v) is 3.79. The van der Waals surface area contributed by atoms with Crippen LogP contribution < -0.4 is 0 Å². The molecule has 1 saturated heterocycles. The molecule has 2 rings (SSSR count). The van der Waals surface area contributed by atoms with Crippen LogP contribution >= 0.6 is 0 Å². The smallest absolute Gasteiger partial charge is 0.335 e. The minimum Gasteiger partial charge on any atom is -0.508 e. The van der Waals surface area contributed by atoms with Gasteiger partial charge in [-0.05, 0) is 13.8 Å². The highest BCUT2D eigenvalue weighted by atomic mass is 16.8. The molecule has 0 aromatic carbocycles. The van der Waals surface area contributed by atoms with Gasteiger partial charge in [0.15, 0.2) is 11.9 Å². The van der Waals surface area contributed by atoms with Crippen molar-refractivity contribution >= 4 is 5.97 Å². The van der Waals surface area contributed by atoms with Crippen LogP contribution in [0.25, 0.3) is 0 Å². The van der Waals surface area contributed by atoms with Crippen LogP contribution in [0.4, 0.5) is 0 Å². The number of aliphatic hydroxyl groups is 1. The molecular formula is C9H12O5. The Bertz CT molecular complexity index is 294. The second-order valence-electron chi connectivity index (χ2n) is 3.79. The van der Waals surface area contributed by atoms with Gasteiger partial charge in [0.2, 0.25) is 0 Å². The highest BCUT2D eigenvalue weighted by Gasteiger charge is 2.43. The zero-order valence-electron chi connectivity index (χ0n) is 8.02. The fourth-order valence-electron chi connectivity index (χ4n) is 1.55. The molecule has 1 fully saturated rings. The maximum absolute atomic E-state index is 10.8. The number of carbonyl (C=O) groups excluding carboxylic acids is 1. The molecule has 0 aliphatic carbocycles. The van der Waals surface area contributed by atoms with Crippen molar-refractivity contribution in [2.45, 2.75) is 31.8 Å². The molecule has 2 aliphatic rings. The van der Waals surface area contributed by atoms with E-state index in [4.69, 9.17) is 14.2 Å². The SMILES string of the molecule is CC1(C)OC[C@@H]([C@H]2OC(=O)C=C2O)O1. The molecule has 14 heavy (non-hydrogen) atoms. The number of ether oxygens (including phenoxy) is 3. The zero-order valence-corrected chi connectivity index (χ0v) is 8.02. The van der Waals surface area contributed by atoms with Crippen molar-refractivity contribution in [2.75, 3.05) is 6.61 Å². The highest BCUT2D eigenvalue weighted by Crippen LogP contribution is 2.29.